The summed E-state index contributed by atoms with van der Waals surface area (Å²) >= 11 is 3.22. The summed E-state index contributed by atoms with van der Waals surface area (Å²) in [5.41, 5.74) is -1.51. The Morgan fingerprint density at radius 3 is 2.54 bits per heavy atom. The number of alkyl halides is 4. The van der Waals surface area contributed by atoms with Crippen LogP contribution >= 0.6 is 15.9 Å². The Morgan fingerprint density at radius 2 is 1.93 bits per heavy atom. The van der Waals surface area contributed by atoms with Crippen LogP contribution in [0.2, 0.25) is 0 Å². The van der Waals surface area contributed by atoms with Crippen molar-refractivity contribution in [3.63, 3.8) is 0 Å². The highest BCUT2D eigenvalue weighted by atomic mass is 79.9. The molecule has 1 heterocycles. The molecule has 0 bridgehead atoms. The van der Waals surface area contributed by atoms with Crippen LogP contribution in [0.15, 0.2) is 64.1 Å². The van der Waals surface area contributed by atoms with Crippen LogP contribution in [0.5, 0.6) is 0 Å². The number of rotatable bonds is 3. The molecule has 1 amide bonds. The minimum Gasteiger partial charge on any atom is -0.451 e. The fourth-order valence-corrected chi connectivity index (χ4v) is 3.26. The van der Waals surface area contributed by atoms with Gasteiger partial charge in [-0.25, -0.2) is 9.38 Å². The third kappa shape index (κ3) is 4.35. The summed E-state index contributed by atoms with van der Waals surface area (Å²) in [7, 11) is 0. The van der Waals surface area contributed by atoms with Gasteiger partial charge in [-0.3, -0.25) is 10.1 Å². The quantitative estimate of drug-likeness (QED) is 0.674. The van der Waals surface area contributed by atoms with E-state index >= 15 is 0 Å². The number of amidine groups is 1. The maximum absolute atomic E-state index is 14.1. The van der Waals surface area contributed by atoms with Crippen LogP contribution in [0.1, 0.15) is 22.3 Å². The minimum atomic E-state index is -4.72. The minimum absolute atomic E-state index is 0.205. The predicted octanol–water partition coefficient (Wildman–Crippen LogP) is 4.75. The van der Waals surface area contributed by atoms with E-state index in [1.807, 2.05) is 0 Å². The number of hydrogen-bond acceptors (Lipinski definition) is 3. The highest BCUT2D eigenvalue weighted by molar-refractivity contribution is 9.10. The molecule has 3 rings (SSSR count). The first kappa shape index (κ1) is 20.3. The molecule has 148 valence electrons. The lowest BCUT2D eigenvalue weighted by Crippen LogP contribution is -2.50. The molecule has 0 radical (unpaired) electrons. The first-order valence-corrected chi connectivity index (χ1v) is 9.05. The SMILES string of the molecule is O=C(NC1=N[C@H](C(F)(F)F)C[C@@](CF)(c2cccc(Br)c2)O1)c1ccccc1. The summed E-state index contributed by atoms with van der Waals surface area (Å²) < 4.78 is 60.5. The molecule has 0 aliphatic carbocycles. The summed E-state index contributed by atoms with van der Waals surface area (Å²) in [4.78, 5) is 15.8. The third-order valence-electron chi connectivity index (χ3n) is 4.29. The van der Waals surface area contributed by atoms with Gasteiger partial charge in [0, 0.05) is 16.5 Å². The zero-order valence-electron chi connectivity index (χ0n) is 14.3. The van der Waals surface area contributed by atoms with E-state index in [1.54, 1.807) is 30.3 Å². The van der Waals surface area contributed by atoms with E-state index in [4.69, 9.17) is 4.74 Å². The van der Waals surface area contributed by atoms with Crippen molar-refractivity contribution < 1.29 is 27.1 Å². The van der Waals surface area contributed by atoms with E-state index in [0.717, 1.165) is 0 Å². The molecular weight excluding hydrogens is 444 g/mol. The fraction of sp³-hybridized carbons (Fsp3) is 0.263. The van der Waals surface area contributed by atoms with Crippen LogP contribution in [0.4, 0.5) is 17.6 Å². The molecule has 2 aromatic rings. The summed E-state index contributed by atoms with van der Waals surface area (Å²) in [6.45, 7) is -1.23. The van der Waals surface area contributed by atoms with E-state index in [1.165, 1.54) is 24.3 Å². The van der Waals surface area contributed by atoms with Gasteiger partial charge in [0.05, 0.1) is 0 Å². The molecule has 0 unspecified atom stereocenters. The van der Waals surface area contributed by atoms with Gasteiger partial charge in [0.2, 0.25) is 0 Å². The van der Waals surface area contributed by atoms with Gasteiger partial charge in [-0.2, -0.15) is 13.2 Å². The number of hydrogen-bond donors (Lipinski definition) is 1. The molecule has 1 aliphatic heterocycles. The van der Waals surface area contributed by atoms with Gasteiger partial charge in [-0.05, 0) is 29.8 Å². The lowest BCUT2D eigenvalue weighted by Gasteiger charge is -2.38. The first-order valence-electron chi connectivity index (χ1n) is 8.25. The third-order valence-corrected chi connectivity index (χ3v) is 4.78. The number of benzene rings is 2. The molecule has 0 saturated heterocycles. The lowest BCUT2D eigenvalue weighted by molar-refractivity contribution is -0.167. The van der Waals surface area contributed by atoms with Gasteiger partial charge in [-0.1, -0.05) is 46.3 Å². The summed E-state index contributed by atoms with van der Waals surface area (Å²) in [5.74, 6) is -0.704. The van der Waals surface area contributed by atoms with Gasteiger partial charge in [0.15, 0.2) is 11.6 Å². The van der Waals surface area contributed by atoms with Crippen molar-refractivity contribution >= 4 is 27.9 Å². The zero-order chi connectivity index (χ0) is 20.4. The molecule has 28 heavy (non-hydrogen) atoms. The van der Waals surface area contributed by atoms with Crippen molar-refractivity contribution in [2.45, 2.75) is 24.2 Å². The Labute approximate surface area is 166 Å². The maximum Gasteiger partial charge on any atom is 0.411 e. The Kier molecular flexibility index (Phi) is 5.74. The molecular formula is C19H15BrF4N2O2. The van der Waals surface area contributed by atoms with Crippen LogP contribution in [-0.2, 0) is 10.3 Å². The lowest BCUT2D eigenvalue weighted by atomic mass is 9.87. The van der Waals surface area contributed by atoms with Crippen LogP contribution in [0, 0.1) is 0 Å². The largest absolute Gasteiger partial charge is 0.451 e. The van der Waals surface area contributed by atoms with Gasteiger partial charge in [0.1, 0.15) is 6.67 Å². The van der Waals surface area contributed by atoms with Gasteiger partial charge in [0.25, 0.3) is 11.9 Å². The Balaban J connectivity index is 1.97. The van der Waals surface area contributed by atoms with Crippen LogP contribution in [-0.4, -0.2) is 30.8 Å². The van der Waals surface area contributed by atoms with E-state index in [2.05, 4.69) is 26.2 Å². The number of halogens is 5. The molecule has 9 heteroatoms. The Bertz CT molecular complexity index is 889. The number of nitrogens with zero attached hydrogens (tertiary/aromatic N) is 1. The van der Waals surface area contributed by atoms with Crippen LogP contribution < -0.4 is 5.32 Å². The highest BCUT2D eigenvalue weighted by Crippen LogP contribution is 2.41. The molecule has 2 atom stereocenters. The van der Waals surface area contributed by atoms with Crippen LogP contribution in [0.3, 0.4) is 0 Å². The van der Waals surface area contributed by atoms with E-state index in [9.17, 15) is 22.4 Å². The second kappa shape index (κ2) is 7.90. The first-order chi connectivity index (χ1) is 13.2. The van der Waals surface area contributed by atoms with Crippen molar-refractivity contribution in [3.05, 3.63) is 70.2 Å². The topological polar surface area (TPSA) is 50.7 Å². The standard InChI is InChI=1S/C19H15BrF4N2O2/c20-14-8-4-7-13(9-14)18(11-21)10-15(19(22,23)24)25-17(28-18)26-16(27)12-5-2-1-3-6-12/h1-9,15H,10-11H2,(H,25,26,27)/t15-,18+/m0/s1. The van der Waals surface area contributed by atoms with Crippen LogP contribution in [0.25, 0.3) is 0 Å². The number of nitrogens with one attached hydrogen (secondary N) is 1. The molecule has 1 N–H and O–H groups in total. The van der Waals surface area contributed by atoms with Crippen molar-refractivity contribution in [3.8, 4) is 0 Å². The maximum atomic E-state index is 14.1. The normalized spacial score (nSPS) is 22.2. The summed E-state index contributed by atoms with van der Waals surface area (Å²) in [5, 5.41) is 2.22. The average Bonchev–Trinajstić information content (AvgIpc) is 2.67. The Hall–Kier alpha value is -2.42. The highest BCUT2D eigenvalue weighted by Gasteiger charge is 2.51. The monoisotopic (exact) mass is 458 g/mol. The molecule has 4 nitrogen and oxygen atoms in total. The average molecular weight is 459 g/mol. The molecule has 1 aliphatic rings. The number of carbonyl (C=O) groups excluding carboxylic acids is 1. The summed E-state index contributed by atoms with van der Waals surface area (Å²) in [6, 6.07) is 11.1. The molecule has 0 saturated carbocycles. The number of aliphatic imine (C=N–C) groups is 1. The predicted molar refractivity (Wildman–Crippen MR) is 98.7 cm³/mol. The second-order valence-electron chi connectivity index (χ2n) is 6.26. The fourth-order valence-electron chi connectivity index (χ4n) is 2.87. The second-order valence-corrected chi connectivity index (χ2v) is 7.17. The van der Waals surface area contributed by atoms with E-state index in [-0.39, 0.29) is 11.1 Å². The van der Waals surface area contributed by atoms with Crippen molar-refractivity contribution in [1.29, 1.82) is 0 Å². The molecule has 2 aromatic carbocycles. The smallest absolute Gasteiger partial charge is 0.411 e. The Morgan fingerprint density at radius 1 is 1.21 bits per heavy atom. The molecule has 0 fully saturated rings. The molecule has 0 aromatic heterocycles. The van der Waals surface area contributed by atoms with Crippen molar-refractivity contribution in [1.82, 2.24) is 5.32 Å². The van der Waals surface area contributed by atoms with E-state index in [0.29, 0.717) is 4.47 Å². The van der Waals surface area contributed by atoms with E-state index < -0.39 is 42.8 Å². The zero-order valence-corrected chi connectivity index (χ0v) is 15.9. The molecule has 0 spiro atoms. The summed E-state index contributed by atoms with van der Waals surface area (Å²) in [6.07, 6.45) is -5.47. The van der Waals surface area contributed by atoms with Crippen molar-refractivity contribution in [2.75, 3.05) is 6.67 Å². The number of amides is 1. The number of ether oxygens (including phenoxy) is 1. The van der Waals surface area contributed by atoms with Gasteiger partial charge >= 0.3 is 6.18 Å². The van der Waals surface area contributed by atoms with Gasteiger partial charge < -0.3 is 4.74 Å². The van der Waals surface area contributed by atoms with Gasteiger partial charge in [-0.15, -0.1) is 0 Å². The van der Waals surface area contributed by atoms with Crippen molar-refractivity contribution in [2.24, 2.45) is 4.99 Å². The number of carbonyl (C=O) groups is 1.